The zero-order valence-electron chi connectivity index (χ0n) is 12.9. The molecule has 0 atom stereocenters. The Bertz CT molecular complexity index is 863. The minimum Gasteiger partial charge on any atom is -0.454 e. The first-order valence-electron chi connectivity index (χ1n) is 7.67. The Morgan fingerprint density at radius 2 is 2.00 bits per heavy atom. The van der Waals surface area contributed by atoms with Gasteiger partial charge in [0.2, 0.25) is 6.79 Å². The van der Waals surface area contributed by atoms with E-state index in [9.17, 15) is 0 Å². The minimum absolute atomic E-state index is 0.297. The van der Waals surface area contributed by atoms with Crippen LogP contribution in [0.3, 0.4) is 0 Å². The molecule has 0 saturated carbocycles. The lowest BCUT2D eigenvalue weighted by Gasteiger charge is -2.11. The molecule has 4 rings (SSSR count). The number of ether oxygens (including phenoxy) is 2. The maximum atomic E-state index is 6.19. The molecule has 3 heterocycles. The van der Waals surface area contributed by atoms with Crippen LogP contribution in [0.5, 0.6) is 11.5 Å². The Morgan fingerprint density at radius 3 is 2.92 bits per heavy atom. The molecule has 24 heavy (non-hydrogen) atoms. The lowest BCUT2D eigenvalue weighted by Crippen LogP contribution is -2.15. The average molecular weight is 342 g/mol. The minimum atomic E-state index is 0.297. The van der Waals surface area contributed by atoms with Crippen molar-refractivity contribution in [3.8, 4) is 17.2 Å². The number of halogens is 1. The summed E-state index contributed by atoms with van der Waals surface area (Å²) in [7, 11) is 0. The normalized spacial score (nSPS) is 12.5. The van der Waals surface area contributed by atoms with E-state index in [1.54, 1.807) is 6.20 Å². The summed E-state index contributed by atoms with van der Waals surface area (Å²) in [5.74, 6) is 1.61. The number of rotatable bonds is 5. The highest BCUT2D eigenvalue weighted by Gasteiger charge is 2.13. The van der Waals surface area contributed by atoms with Gasteiger partial charge in [0.1, 0.15) is 0 Å². The Hall–Kier alpha value is -2.50. The quantitative estimate of drug-likeness (QED) is 0.721. The SMILES string of the molecule is Clc1ncccc1-n1cccc1CNCc1ccc2c(c1)OCO2. The van der Waals surface area contributed by atoms with Crippen LogP contribution in [0, 0.1) is 0 Å². The second kappa shape index (κ2) is 6.55. The lowest BCUT2D eigenvalue weighted by molar-refractivity contribution is 0.174. The third-order valence-electron chi connectivity index (χ3n) is 3.90. The largest absolute Gasteiger partial charge is 0.454 e. The molecule has 122 valence electrons. The third-order valence-corrected chi connectivity index (χ3v) is 4.20. The summed E-state index contributed by atoms with van der Waals surface area (Å²) >= 11 is 6.19. The molecule has 1 aliphatic heterocycles. The van der Waals surface area contributed by atoms with Crippen molar-refractivity contribution in [2.24, 2.45) is 0 Å². The van der Waals surface area contributed by atoms with Crippen molar-refractivity contribution in [2.45, 2.75) is 13.1 Å². The summed E-state index contributed by atoms with van der Waals surface area (Å²) in [4.78, 5) is 4.14. The first-order chi connectivity index (χ1) is 11.8. The fourth-order valence-corrected chi connectivity index (χ4v) is 2.95. The summed E-state index contributed by atoms with van der Waals surface area (Å²) in [6, 6.07) is 13.9. The van der Waals surface area contributed by atoms with E-state index >= 15 is 0 Å². The summed E-state index contributed by atoms with van der Waals surface area (Å²) < 4.78 is 12.8. The van der Waals surface area contributed by atoms with Gasteiger partial charge >= 0.3 is 0 Å². The number of nitrogens with zero attached hydrogens (tertiary/aromatic N) is 2. The number of benzene rings is 1. The van der Waals surface area contributed by atoms with E-state index in [2.05, 4.69) is 16.4 Å². The van der Waals surface area contributed by atoms with Crippen molar-refractivity contribution in [2.75, 3.05) is 6.79 Å². The molecule has 0 saturated heterocycles. The maximum Gasteiger partial charge on any atom is 0.231 e. The van der Waals surface area contributed by atoms with E-state index in [1.807, 2.05) is 47.2 Å². The van der Waals surface area contributed by atoms with Gasteiger partial charge in [-0.05, 0) is 42.0 Å². The molecule has 0 spiro atoms. The predicted molar refractivity (Wildman–Crippen MR) is 91.7 cm³/mol. The zero-order chi connectivity index (χ0) is 16.4. The lowest BCUT2D eigenvalue weighted by atomic mass is 10.2. The molecule has 1 aliphatic rings. The fraction of sp³-hybridized carbons (Fsp3) is 0.167. The molecule has 0 amide bonds. The van der Waals surface area contributed by atoms with Gasteiger partial charge in [-0.25, -0.2) is 4.98 Å². The standard InChI is InChI=1S/C18H16ClN3O2/c19-18-15(4-1-7-21-18)22-8-2-3-14(22)11-20-10-13-5-6-16-17(9-13)24-12-23-16/h1-9,20H,10-12H2. The number of hydrogen-bond donors (Lipinski definition) is 1. The second-order valence-corrected chi connectivity index (χ2v) is 5.83. The van der Waals surface area contributed by atoms with Crippen molar-refractivity contribution in [1.29, 1.82) is 0 Å². The molecule has 0 unspecified atom stereocenters. The van der Waals surface area contributed by atoms with Gasteiger partial charge in [0, 0.05) is 31.2 Å². The van der Waals surface area contributed by atoms with Crippen LogP contribution in [0.25, 0.3) is 5.69 Å². The molecular formula is C18H16ClN3O2. The Labute approximate surface area is 144 Å². The van der Waals surface area contributed by atoms with Crippen LogP contribution >= 0.6 is 11.6 Å². The molecule has 1 aromatic carbocycles. The Morgan fingerprint density at radius 1 is 1.08 bits per heavy atom. The van der Waals surface area contributed by atoms with E-state index in [-0.39, 0.29) is 0 Å². The van der Waals surface area contributed by atoms with Crippen LogP contribution in [0.4, 0.5) is 0 Å². The maximum absolute atomic E-state index is 6.19. The molecule has 5 nitrogen and oxygen atoms in total. The van der Waals surface area contributed by atoms with E-state index in [1.165, 1.54) is 0 Å². The van der Waals surface area contributed by atoms with E-state index in [0.717, 1.165) is 35.0 Å². The van der Waals surface area contributed by atoms with Crippen LogP contribution < -0.4 is 14.8 Å². The monoisotopic (exact) mass is 341 g/mol. The summed E-state index contributed by atoms with van der Waals surface area (Å²) in [6.07, 6.45) is 3.67. The molecular weight excluding hydrogens is 326 g/mol. The first-order valence-corrected chi connectivity index (χ1v) is 8.05. The van der Waals surface area contributed by atoms with Gasteiger partial charge in [0.05, 0.1) is 5.69 Å². The van der Waals surface area contributed by atoms with Crippen LogP contribution in [-0.4, -0.2) is 16.3 Å². The number of pyridine rings is 1. The Balaban J connectivity index is 1.44. The molecule has 3 aromatic rings. The van der Waals surface area contributed by atoms with Crippen LogP contribution in [0.2, 0.25) is 5.15 Å². The van der Waals surface area contributed by atoms with Crippen molar-refractivity contribution >= 4 is 11.6 Å². The van der Waals surface area contributed by atoms with Crippen molar-refractivity contribution in [3.05, 3.63) is 71.3 Å². The first kappa shape index (κ1) is 15.1. The van der Waals surface area contributed by atoms with Crippen LogP contribution in [0.15, 0.2) is 54.9 Å². The molecule has 0 fully saturated rings. The third kappa shape index (κ3) is 2.96. The summed E-state index contributed by atoms with van der Waals surface area (Å²) in [5, 5.41) is 3.94. The summed E-state index contributed by atoms with van der Waals surface area (Å²) in [6.45, 7) is 1.75. The van der Waals surface area contributed by atoms with Gasteiger partial charge in [0.15, 0.2) is 16.7 Å². The van der Waals surface area contributed by atoms with Crippen LogP contribution in [0.1, 0.15) is 11.3 Å². The van der Waals surface area contributed by atoms with Gasteiger partial charge in [0.25, 0.3) is 0 Å². The number of aromatic nitrogens is 2. The second-order valence-electron chi connectivity index (χ2n) is 5.47. The number of fused-ring (bicyclic) bond motifs is 1. The predicted octanol–water partition coefficient (Wildman–Crippen LogP) is 3.54. The van der Waals surface area contributed by atoms with Gasteiger partial charge in [-0.1, -0.05) is 17.7 Å². The molecule has 0 aliphatic carbocycles. The molecule has 6 heteroatoms. The van der Waals surface area contributed by atoms with Gasteiger partial charge < -0.3 is 19.4 Å². The number of hydrogen-bond acceptors (Lipinski definition) is 4. The van der Waals surface area contributed by atoms with Gasteiger partial charge in [-0.2, -0.15) is 0 Å². The average Bonchev–Trinajstić information content (AvgIpc) is 3.24. The molecule has 1 N–H and O–H groups in total. The number of nitrogens with one attached hydrogen (secondary N) is 1. The van der Waals surface area contributed by atoms with E-state index in [4.69, 9.17) is 21.1 Å². The highest BCUT2D eigenvalue weighted by molar-refractivity contribution is 6.31. The van der Waals surface area contributed by atoms with Gasteiger partial charge in [-0.3, -0.25) is 0 Å². The van der Waals surface area contributed by atoms with Gasteiger partial charge in [-0.15, -0.1) is 0 Å². The van der Waals surface area contributed by atoms with Crippen molar-refractivity contribution < 1.29 is 9.47 Å². The highest BCUT2D eigenvalue weighted by atomic mass is 35.5. The highest BCUT2D eigenvalue weighted by Crippen LogP contribution is 2.32. The van der Waals surface area contributed by atoms with Crippen molar-refractivity contribution in [3.63, 3.8) is 0 Å². The Kier molecular flexibility index (Phi) is 4.11. The topological polar surface area (TPSA) is 48.3 Å². The zero-order valence-corrected chi connectivity index (χ0v) is 13.7. The van der Waals surface area contributed by atoms with E-state index < -0.39 is 0 Å². The van der Waals surface area contributed by atoms with E-state index in [0.29, 0.717) is 18.5 Å². The molecule has 0 bridgehead atoms. The summed E-state index contributed by atoms with van der Waals surface area (Å²) in [5.41, 5.74) is 3.14. The molecule has 0 radical (unpaired) electrons. The van der Waals surface area contributed by atoms with Crippen molar-refractivity contribution in [1.82, 2.24) is 14.9 Å². The van der Waals surface area contributed by atoms with Crippen LogP contribution in [-0.2, 0) is 13.1 Å². The molecule has 2 aromatic heterocycles. The smallest absolute Gasteiger partial charge is 0.231 e. The fourth-order valence-electron chi connectivity index (χ4n) is 2.74.